The molecular formula is C19H17Cl2N3O2S2. The molecule has 2 fully saturated rings. The number of carbonyl (C=O) groups excluding carboxylic acids is 1. The number of carbonyl (C=O) groups is 1. The number of hydrazine groups is 1. The van der Waals surface area contributed by atoms with Crippen LogP contribution in [0.5, 0.6) is 0 Å². The topological polar surface area (TPSA) is 39.9 Å². The number of amides is 1. The molecule has 4 rings (SSSR count). The predicted molar refractivity (Wildman–Crippen MR) is 118 cm³/mol. The van der Waals surface area contributed by atoms with Gasteiger partial charge < -0.3 is 9.32 Å². The SMILES string of the molecule is CN1CCN(N2C(=O)/C(=C/c3ccc(-c4ccc(Cl)c(Cl)c4)o3)SC2=S)CC1. The lowest BCUT2D eigenvalue weighted by Crippen LogP contribution is -2.54. The van der Waals surface area contributed by atoms with Gasteiger partial charge >= 0.3 is 0 Å². The molecule has 0 saturated carbocycles. The number of piperazine rings is 1. The summed E-state index contributed by atoms with van der Waals surface area (Å²) >= 11 is 18.8. The van der Waals surface area contributed by atoms with Crippen LogP contribution < -0.4 is 0 Å². The summed E-state index contributed by atoms with van der Waals surface area (Å²) in [6.07, 6.45) is 1.73. The fourth-order valence-electron chi connectivity index (χ4n) is 3.06. The first-order valence-corrected chi connectivity index (χ1v) is 10.7. The highest BCUT2D eigenvalue weighted by molar-refractivity contribution is 8.26. The van der Waals surface area contributed by atoms with Gasteiger partial charge in [-0.25, -0.2) is 10.0 Å². The van der Waals surface area contributed by atoms with Crippen LogP contribution in [0.25, 0.3) is 17.4 Å². The third-order valence-corrected chi connectivity index (χ3v) is 6.66. The zero-order chi connectivity index (χ0) is 19.8. The van der Waals surface area contributed by atoms with Crippen LogP contribution in [0.15, 0.2) is 39.7 Å². The first-order valence-electron chi connectivity index (χ1n) is 8.69. The summed E-state index contributed by atoms with van der Waals surface area (Å²) in [5, 5.41) is 4.58. The van der Waals surface area contributed by atoms with Gasteiger partial charge in [-0.3, -0.25) is 4.79 Å². The maximum atomic E-state index is 12.9. The molecule has 1 amide bonds. The standard InChI is InChI=1S/C19H17Cl2N3O2S2/c1-22-6-8-23(9-7-22)24-18(25)17(28-19(24)27)11-13-3-5-16(26-13)12-2-4-14(20)15(21)10-12/h2-5,10-11H,6-9H2,1H3/b17-11-. The van der Waals surface area contributed by atoms with Crippen LogP contribution in [0, 0.1) is 0 Å². The largest absolute Gasteiger partial charge is 0.457 e. The van der Waals surface area contributed by atoms with Gasteiger partial charge in [0.2, 0.25) is 0 Å². The van der Waals surface area contributed by atoms with Crippen molar-refractivity contribution in [1.82, 2.24) is 14.9 Å². The summed E-state index contributed by atoms with van der Waals surface area (Å²) in [4.78, 5) is 15.7. The molecular weight excluding hydrogens is 437 g/mol. The van der Waals surface area contributed by atoms with Gasteiger partial charge in [-0.05, 0) is 37.4 Å². The van der Waals surface area contributed by atoms with E-state index in [-0.39, 0.29) is 5.91 Å². The Balaban J connectivity index is 1.53. The summed E-state index contributed by atoms with van der Waals surface area (Å²) in [5.74, 6) is 1.13. The molecule has 0 atom stereocenters. The van der Waals surface area contributed by atoms with Crippen molar-refractivity contribution >= 4 is 63.5 Å². The number of likely N-dealkylation sites (N-methyl/N-ethyl adjacent to an activating group) is 1. The molecule has 2 saturated heterocycles. The van der Waals surface area contributed by atoms with Gasteiger partial charge in [-0.1, -0.05) is 47.2 Å². The normalized spacial score (nSPS) is 20.5. The maximum absolute atomic E-state index is 12.9. The van der Waals surface area contributed by atoms with Gasteiger partial charge in [-0.15, -0.1) is 0 Å². The van der Waals surface area contributed by atoms with Crippen molar-refractivity contribution in [2.45, 2.75) is 0 Å². The Kier molecular flexibility index (Phi) is 5.83. The molecule has 5 nitrogen and oxygen atoms in total. The second-order valence-electron chi connectivity index (χ2n) is 6.58. The second-order valence-corrected chi connectivity index (χ2v) is 9.07. The van der Waals surface area contributed by atoms with Crippen molar-refractivity contribution < 1.29 is 9.21 Å². The molecule has 146 valence electrons. The van der Waals surface area contributed by atoms with E-state index in [1.807, 2.05) is 23.2 Å². The Hall–Kier alpha value is -1.35. The average Bonchev–Trinajstić information content (AvgIpc) is 3.24. The highest BCUT2D eigenvalue weighted by Crippen LogP contribution is 2.35. The van der Waals surface area contributed by atoms with Gasteiger partial charge in [-0.2, -0.15) is 0 Å². The van der Waals surface area contributed by atoms with Crippen molar-refractivity contribution in [1.29, 1.82) is 0 Å². The maximum Gasteiger partial charge on any atom is 0.281 e. The average molecular weight is 454 g/mol. The van der Waals surface area contributed by atoms with Crippen LogP contribution in [0.4, 0.5) is 0 Å². The van der Waals surface area contributed by atoms with Crippen molar-refractivity contribution in [3.8, 4) is 11.3 Å². The van der Waals surface area contributed by atoms with E-state index < -0.39 is 0 Å². The fraction of sp³-hybridized carbons (Fsp3) is 0.263. The van der Waals surface area contributed by atoms with E-state index in [9.17, 15) is 4.79 Å². The smallest absolute Gasteiger partial charge is 0.281 e. The van der Waals surface area contributed by atoms with Gasteiger partial charge in [0.15, 0.2) is 4.32 Å². The molecule has 0 unspecified atom stereocenters. The van der Waals surface area contributed by atoms with E-state index in [2.05, 4.69) is 11.9 Å². The minimum atomic E-state index is -0.105. The zero-order valence-corrected chi connectivity index (χ0v) is 18.2. The molecule has 0 bridgehead atoms. The van der Waals surface area contributed by atoms with E-state index in [1.54, 1.807) is 23.2 Å². The van der Waals surface area contributed by atoms with E-state index in [0.717, 1.165) is 31.7 Å². The molecule has 9 heteroatoms. The van der Waals surface area contributed by atoms with Crippen molar-refractivity contribution in [2.75, 3.05) is 33.2 Å². The van der Waals surface area contributed by atoms with Crippen LogP contribution in [-0.4, -0.2) is 58.4 Å². The summed E-state index contributed by atoms with van der Waals surface area (Å²) in [6.45, 7) is 3.36. The minimum Gasteiger partial charge on any atom is -0.457 e. The van der Waals surface area contributed by atoms with Crippen LogP contribution in [0.1, 0.15) is 5.76 Å². The molecule has 2 aliphatic heterocycles. The molecule has 1 aromatic heterocycles. The highest BCUT2D eigenvalue weighted by atomic mass is 35.5. The Morgan fingerprint density at radius 3 is 2.57 bits per heavy atom. The Labute approximate surface area is 182 Å². The number of rotatable bonds is 3. The number of benzene rings is 1. The number of hydrogen-bond donors (Lipinski definition) is 0. The second kappa shape index (κ2) is 8.18. The first-order chi connectivity index (χ1) is 13.4. The van der Waals surface area contributed by atoms with E-state index in [0.29, 0.717) is 30.8 Å². The van der Waals surface area contributed by atoms with Crippen molar-refractivity contribution in [2.24, 2.45) is 0 Å². The number of furan rings is 1. The summed E-state index contributed by atoms with van der Waals surface area (Å²) in [7, 11) is 2.07. The molecule has 2 aliphatic rings. The summed E-state index contributed by atoms with van der Waals surface area (Å²) < 4.78 is 6.43. The van der Waals surface area contributed by atoms with E-state index in [1.165, 1.54) is 11.8 Å². The molecule has 0 N–H and O–H groups in total. The zero-order valence-electron chi connectivity index (χ0n) is 15.0. The van der Waals surface area contributed by atoms with Crippen LogP contribution in [0.3, 0.4) is 0 Å². The van der Waals surface area contributed by atoms with E-state index in [4.69, 9.17) is 39.8 Å². The number of thioether (sulfide) groups is 1. The molecule has 0 aliphatic carbocycles. The van der Waals surface area contributed by atoms with Gasteiger partial charge in [0.1, 0.15) is 11.5 Å². The predicted octanol–water partition coefficient (Wildman–Crippen LogP) is 4.62. The Morgan fingerprint density at radius 1 is 1.11 bits per heavy atom. The minimum absolute atomic E-state index is 0.105. The lowest BCUT2D eigenvalue weighted by atomic mass is 10.2. The lowest BCUT2D eigenvalue weighted by molar-refractivity contribution is -0.135. The summed E-state index contributed by atoms with van der Waals surface area (Å²) in [6, 6.07) is 8.97. The lowest BCUT2D eigenvalue weighted by Gasteiger charge is -2.37. The molecule has 1 aromatic carbocycles. The third kappa shape index (κ3) is 4.01. The Morgan fingerprint density at radius 2 is 1.86 bits per heavy atom. The van der Waals surface area contributed by atoms with Crippen molar-refractivity contribution in [3.63, 3.8) is 0 Å². The van der Waals surface area contributed by atoms with Crippen LogP contribution in [0.2, 0.25) is 10.0 Å². The monoisotopic (exact) mass is 453 g/mol. The number of hydrogen-bond acceptors (Lipinski definition) is 6. The highest BCUT2D eigenvalue weighted by Gasteiger charge is 2.37. The third-order valence-electron chi connectivity index (χ3n) is 4.64. The molecule has 28 heavy (non-hydrogen) atoms. The van der Waals surface area contributed by atoms with Gasteiger partial charge in [0, 0.05) is 37.8 Å². The molecule has 3 heterocycles. The molecule has 2 aromatic rings. The number of thiocarbonyl (C=S) groups is 1. The van der Waals surface area contributed by atoms with Crippen molar-refractivity contribution in [3.05, 3.63) is 51.0 Å². The number of nitrogens with zero attached hydrogens (tertiary/aromatic N) is 3. The molecule has 0 spiro atoms. The quantitative estimate of drug-likeness (QED) is 0.498. The van der Waals surface area contributed by atoms with Gasteiger partial charge in [0.25, 0.3) is 5.91 Å². The fourth-order valence-corrected chi connectivity index (χ4v) is 4.65. The summed E-state index contributed by atoms with van der Waals surface area (Å²) in [5.41, 5.74) is 0.819. The van der Waals surface area contributed by atoms with Gasteiger partial charge in [0.05, 0.1) is 15.0 Å². The van der Waals surface area contributed by atoms with E-state index >= 15 is 0 Å². The molecule has 0 radical (unpaired) electrons. The first kappa shape index (κ1) is 19.9. The number of halogens is 2. The van der Waals surface area contributed by atoms with Crippen LogP contribution >= 0.6 is 47.2 Å². The Bertz CT molecular complexity index is 968. The van der Waals surface area contributed by atoms with Crippen LogP contribution in [-0.2, 0) is 4.79 Å².